The largest absolute Gasteiger partial charge is 0.407 e. The number of hydrogen-bond donors (Lipinski definition) is 2. The highest BCUT2D eigenvalue weighted by molar-refractivity contribution is 7.89. The number of halogens is 5. The maximum atomic E-state index is 13.6. The molecule has 0 atom stereocenters. The first-order chi connectivity index (χ1) is 9.52. The third-order valence-corrected chi connectivity index (χ3v) is 4.74. The van der Waals surface area contributed by atoms with Crippen LogP contribution in [0.3, 0.4) is 0 Å². The summed E-state index contributed by atoms with van der Waals surface area (Å²) in [5, 5.41) is 0. The molecule has 0 amide bonds. The van der Waals surface area contributed by atoms with Gasteiger partial charge in [-0.25, -0.2) is 17.2 Å². The van der Waals surface area contributed by atoms with E-state index in [2.05, 4.69) is 0 Å². The summed E-state index contributed by atoms with van der Waals surface area (Å²) in [6.07, 6.45) is -5.70. The zero-order valence-electron chi connectivity index (χ0n) is 10.5. The van der Waals surface area contributed by atoms with E-state index in [0.717, 1.165) is 0 Å². The number of rotatable bonds is 4. The lowest BCUT2D eigenvalue weighted by molar-refractivity contribution is -0.160. The van der Waals surface area contributed by atoms with E-state index in [0.29, 0.717) is 12.1 Å². The zero-order chi connectivity index (χ0) is 16.1. The van der Waals surface area contributed by atoms with Crippen LogP contribution < -0.4 is 10.5 Å². The minimum absolute atomic E-state index is 0.0499. The number of nitrogens with one attached hydrogen (secondary N) is 1. The minimum Gasteiger partial charge on any atom is -0.326 e. The monoisotopic (exact) mass is 330 g/mol. The van der Waals surface area contributed by atoms with Crippen molar-refractivity contribution in [3.63, 3.8) is 0 Å². The topological polar surface area (TPSA) is 72.2 Å². The normalized spacial score (nSPS) is 17.8. The fourth-order valence-corrected chi connectivity index (χ4v) is 3.40. The molecule has 1 aliphatic carbocycles. The molecule has 0 saturated heterocycles. The smallest absolute Gasteiger partial charge is 0.326 e. The average molecular weight is 330 g/mol. The number of benzene rings is 1. The SMILES string of the molecule is NCc1cc(F)c(F)c(S(=O)(=O)NC2(C(F)(F)F)CC2)c1. The third-order valence-electron chi connectivity index (χ3n) is 3.20. The first-order valence-corrected chi connectivity index (χ1v) is 7.29. The van der Waals surface area contributed by atoms with Crippen molar-refractivity contribution in [1.82, 2.24) is 4.72 Å². The van der Waals surface area contributed by atoms with Gasteiger partial charge < -0.3 is 5.73 Å². The average Bonchev–Trinajstić information content (AvgIpc) is 3.11. The minimum atomic E-state index is -4.86. The molecule has 3 N–H and O–H groups in total. The summed E-state index contributed by atoms with van der Waals surface area (Å²) in [5.74, 6) is -3.23. The van der Waals surface area contributed by atoms with E-state index in [1.165, 1.54) is 4.72 Å². The van der Waals surface area contributed by atoms with Gasteiger partial charge in [0.05, 0.1) is 0 Å². The summed E-state index contributed by atoms with van der Waals surface area (Å²) in [7, 11) is -4.86. The molecule has 0 radical (unpaired) electrons. The van der Waals surface area contributed by atoms with Crippen LogP contribution in [-0.2, 0) is 16.6 Å². The maximum Gasteiger partial charge on any atom is 0.407 e. The van der Waals surface area contributed by atoms with Crippen LogP contribution in [-0.4, -0.2) is 20.1 Å². The van der Waals surface area contributed by atoms with Crippen LogP contribution in [0.15, 0.2) is 17.0 Å². The summed E-state index contributed by atoms with van der Waals surface area (Å²) in [5.41, 5.74) is 2.55. The Labute approximate surface area is 117 Å². The molecule has 0 heterocycles. The molecule has 118 valence electrons. The molecule has 0 unspecified atom stereocenters. The van der Waals surface area contributed by atoms with Gasteiger partial charge >= 0.3 is 6.18 Å². The molecule has 2 rings (SSSR count). The number of hydrogen-bond acceptors (Lipinski definition) is 3. The zero-order valence-corrected chi connectivity index (χ0v) is 11.3. The van der Waals surface area contributed by atoms with E-state index in [1.54, 1.807) is 0 Å². The Hall–Kier alpha value is -1.26. The molecule has 4 nitrogen and oxygen atoms in total. The first kappa shape index (κ1) is 16.1. The van der Waals surface area contributed by atoms with E-state index < -0.39 is 51.1 Å². The van der Waals surface area contributed by atoms with E-state index in [-0.39, 0.29) is 12.1 Å². The van der Waals surface area contributed by atoms with Crippen LogP contribution in [0.5, 0.6) is 0 Å². The standard InChI is InChI=1S/C11H11F5N2O2S/c12-7-3-6(5-17)4-8(9(7)13)21(19,20)18-10(1-2-10)11(14,15)16/h3-4,18H,1-2,5,17H2. The molecule has 1 aromatic carbocycles. The van der Waals surface area contributed by atoms with Crippen molar-refractivity contribution in [2.45, 2.75) is 36.0 Å². The molecule has 1 aromatic rings. The lowest BCUT2D eigenvalue weighted by Crippen LogP contribution is -2.47. The van der Waals surface area contributed by atoms with Crippen molar-refractivity contribution in [3.05, 3.63) is 29.3 Å². The highest BCUT2D eigenvalue weighted by atomic mass is 32.2. The van der Waals surface area contributed by atoms with Gasteiger partial charge in [-0.15, -0.1) is 0 Å². The van der Waals surface area contributed by atoms with Gasteiger partial charge in [0, 0.05) is 6.54 Å². The Bertz CT molecular complexity index is 668. The van der Waals surface area contributed by atoms with Gasteiger partial charge in [0.1, 0.15) is 10.4 Å². The van der Waals surface area contributed by atoms with Crippen LogP contribution in [0.1, 0.15) is 18.4 Å². The lowest BCUT2D eigenvalue weighted by atomic mass is 10.2. The number of alkyl halides is 3. The summed E-state index contributed by atoms with van der Waals surface area (Å²) in [6, 6.07) is 1.40. The Morgan fingerprint density at radius 1 is 1.24 bits per heavy atom. The Morgan fingerprint density at radius 3 is 2.24 bits per heavy atom. The van der Waals surface area contributed by atoms with Crippen LogP contribution >= 0.6 is 0 Å². The molecule has 10 heteroatoms. The highest BCUT2D eigenvalue weighted by Crippen LogP contribution is 2.49. The molecule has 21 heavy (non-hydrogen) atoms. The van der Waals surface area contributed by atoms with Crippen molar-refractivity contribution in [1.29, 1.82) is 0 Å². The third kappa shape index (κ3) is 2.87. The van der Waals surface area contributed by atoms with Crippen molar-refractivity contribution in [3.8, 4) is 0 Å². The predicted octanol–water partition coefficient (Wildman–Crippen LogP) is 1.80. The lowest BCUT2D eigenvalue weighted by Gasteiger charge is -2.21. The number of sulfonamides is 1. The van der Waals surface area contributed by atoms with Gasteiger partial charge in [0.25, 0.3) is 0 Å². The maximum absolute atomic E-state index is 13.6. The molecular weight excluding hydrogens is 319 g/mol. The molecule has 0 bridgehead atoms. The molecule has 0 aliphatic heterocycles. The second-order valence-corrected chi connectivity index (χ2v) is 6.43. The van der Waals surface area contributed by atoms with Crippen molar-refractivity contribution >= 4 is 10.0 Å². The fraction of sp³-hybridized carbons (Fsp3) is 0.455. The van der Waals surface area contributed by atoms with Crippen LogP contribution in [0, 0.1) is 11.6 Å². The number of nitrogens with two attached hydrogens (primary N) is 1. The van der Waals surface area contributed by atoms with Gasteiger partial charge in [-0.05, 0) is 30.5 Å². The summed E-state index contributed by atoms with van der Waals surface area (Å²) < 4.78 is 90.4. The van der Waals surface area contributed by atoms with Gasteiger partial charge in [-0.1, -0.05) is 0 Å². The summed E-state index contributed by atoms with van der Waals surface area (Å²) >= 11 is 0. The Morgan fingerprint density at radius 2 is 1.81 bits per heavy atom. The molecule has 0 aromatic heterocycles. The molecule has 1 saturated carbocycles. The first-order valence-electron chi connectivity index (χ1n) is 5.81. The van der Waals surface area contributed by atoms with Crippen molar-refractivity contribution in [2.75, 3.05) is 0 Å². The van der Waals surface area contributed by atoms with Crippen LogP contribution in [0.25, 0.3) is 0 Å². The molecule has 1 fully saturated rings. The van der Waals surface area contributed by atoms with E-state index in [4.69, 9.17) is 5.73 Å². The Balaban J connectivity index is 2.44. The summed E-state index contributed by atoms with van der Waals surface area (Å²) in [6.45, 7) is -0.288. The quantitative estimate of drug-likeness (QED) is 0.827. The molecule has 1 aliphatic rings. The Kier molecular flexibility index (Phi) is 3.75. The fourth-order valence-electron chi connectivity index (χ4n) is 1.81. The molecule has 0 spiro atoms. The summed E-state index contributed by atoms with van der Waals surface area (Å²) in [4.78, 5) is -1.18. The van der Waals surface area contributed by atoms with E-state index in [1.807, 2.05) is 0 Å². The van der Waals surface area contributed by atoms with Gasteiger partial charge in [-0.3, -0.25) is 0 Å². The van der Waals surface area contributed by atoms with Gasteiger partial charge in [0.15, 0.2) is 11.6 Å². The second kappa shape index (κ2) is 4.89. The highest BCUT2D eigenvalue weighted by Gasteiger charge is 2.65. The van der Waals surface area contributed by atoms with Crippen molar-refractivity contribution in [2.24, 2.45) is 5.73 Å². The van der Waals surface area contributed by atoms with E-state index >= 15 is 0 Å². The second-order valence-electron chi connectivity index (χ2n) is 4.78. The van der Waals surface area contributed by atoms with Crippen molar-refractivity contribution < 1.29 is 30.4 Å². The van der Waals surface area contributed by atoms with Crippen LogP contribution in [0.2, 0.25) is 0 Å². The molecular formula is C11H11F5N2O2S. The van der Waals surface area contributed by atoms with Gasteiger partial charge in [0.2, 0.25) is 10.0 Å². The predicted molar refractivity (Wildman–Crippen MR) is 62.6 cm³/mol. The van der Waals surface area contributed by atoms with Crippen LogP contribution in [0.4, 0.5) is 22.0 Å². The van der Waals surface area contributed by atoms with E-state index in [9.17, 15) is 30.4 Å². The van der Waals surface area contributed by atoms with Gasteiger partial charge in [-0.2, -0.15) is 17.9 Å².